The van der Waals surface area contributed by atoms with Crippen molar-refractivity contribution in [3.05, 3.63) is 58.1 Å². The van der Waals surface area contributed by atoms with E-state index in [-0.39, 0.29) is 50.9 Å². The van der Waals surface area contributed by atoms with Crippen molar-refractivity contribution >= 4 is 41.6 Å². The first-order valence-electron chi connectivity index (χ1n) is 18.2. The van der Waals surface area contributed by atoms with Crippen LogP contribution in [-0.2, 0) is 93.0 Å². The zero-order chi connectivity index (χ0) is 43.5. The molecule has 1 saturated heterocycles. The number of carbonyl (C=O) groups excluding carboxylic acids is 6. The molecule has 3 rings (SSSR count). The van der Waals surface area contributed by atoms with Gasteiger partial charge in [-0.2, -0.15) is 0 Å². The molecule has 5 atom stereocenters. The SMILES string of the molecule is C#CCOCCNC(=O)c1cc(COC(=O)Nc2c(COC)cc(COC)cc2COC)ccc1OC1O[C@H](COC(C)=O)[C@H](OC(C)=O)[C@H](OC(C)=O)[C@H]1OC(C)=O. The van der Waals surface area contributed by atoms with Gasteiger partial charge in [-0.3, -0.25) is 29.3 Å². The molecule has 59 heavy (non-hydrogen) atoms. The Hall–Kier alpha value is -5.78. The molecule has 2 N–H and O–H groups in total. The Morgan fingerprint density at radius 3 is 1.92 bits per heavy atom. The van der Waals surface area contributed by atoms with Gasteiger partial charge in [0.15, 0.2) is 12.2 Å². The third kappa shape index (κ3) is 15.2. The number of terminal acetylenes is 1. The second-order valence-corrected chi connectivity index (χ2v) is 12.8. The fourth-order valence-corrected chi connectivity index (χ4v) is 5.89. The van der Waals surface area contributed by atoms with Crippen LogP contribution in [0.1, 0.15) is 60.3 Å². The summed E-state index contributed by atoms with van der Waals surface area (Å²) in [5, 5.41) is 5.44. The molecule has 19 heteroatoms. The molecule has 1 heterocycles. The molecule has 0 radical (unpaired) electrons. The van der Waals surface area contributed by atoms with E-state index in [1.165, 1.54) is 32.4 Å². The van der Waals surface area contributed by atoms with E-state index in [0.717, 1.165) is 33.3 Å². The maximum absolute atomic E-state index is 13.7. The standard InChI is InChI=1S/C40H50N2O17/c1-9-13-52-14-12-41-38(47)31-17-27(19-54-40(48)42-34-29(20-50-7)15-28(18-49-6)16-30(34)21-51-8)10-11-32(31)58-39-37(57-26(5)46)36(56-25(4)45)35(55-24(3)44)33(59-39)22-53-23(2)43/h1,10-11,15-17,33,35-37,39H,12-14,18-22H2,2-8H3,(H,41,47)(H,42,48)/t33-,35+,36+,37-,39?/m1/s1. The van der Waals surface area contributed by atoms with Gasteiger partial charge in [-0.15, -0.1) is 6.42 Å². The number of hydrogen-bond acceptors (Lipinski definition) is 17. The number of esters is 4. The van der Waals surface area contributed by atoms with Crippen molar-refractivity contribution in [2.75, 3.05) is 53.0 Å². The number of nitrogens with one attached hydrogen (secondary N) is 2. The molecule has 1 aliphatic heterocycles. The highest BCUT2D eigenvalue weighted by atomic mass is 16.7. The van der Waals surface area contributed by atoms with E-state index >= 15 is 0 Å². The van der Waals surface area contributed by atoms with Gasteiger partial charge in [-0.05, 0) is 35.4 Å². The normalized spacial score (nSPS) is 18.4. The second-order valence-electron chi connectivity index (χ2n) is 12.8. The first-order chi connectivity index (χ1) is 28.2. The Kier molecular flexibility index (Phi) is 19.5. The second kappa shape index (κ2) is 24.2. The Balaban J connectivity index is 1.99. The maximum Gasteiger partial charge on any atom is 0.411 e. The molecular formula is C40H50N2O17. The quantitative estimate of drug-likeness (QED) is 0.0798. The highest BCUT2D eigenvalue weighted by Gasteiger charge is 2.53. The lowest BCUT2D eigenvalue weighted by molar-refractivity contribution is -0.288. The summed E-state index contributed by atoms with van der Waals surface area (Å²) in [7, 11) is 4.60. The fraction of sp³-hybridized carbons (Fsp3) is 0.500. The van der Waals surface area contributed by atoms with Crippen molar-refractivity contribution < 1.29 is 80.9 Å². The molecule has 1 fully saturated rings. The van der Waals surface area contributed by atoms with Crippen LogP contribution in [0.4, 0.5) is 10.5 Å². The van der Waals surface area contributed by atoms with E-state index in [4.69, 9.17) is 58.5 Å². The first-order valence-corrected chi connectivity index (χ1v) is 18.2. The van der Waals surface area contributed by atoms with E-state index in [0.29, 0.717) is 29.0 Å². The summed E-state index contributed by atoms with van der Waals surface area (Å²) in [6, 6.07) is 7.91. The number of carbonyl (C=O) groups is 6. The third-order valence-corrected chi connectivity index (χ3v) is 8.07. The van der Waals surface area contributed by atoms with Gasteiger partial charge in [-0.1, -0.05) is 12.0 Å². The molecule has 2 aromatic carbocycles. The van der Waals surface area contributed by atoms with E-state index in [2.05, 4.69) is 16.6 Å². The molecule has 19 nitrogen and oxygen atoms in total. The predicted octanol–water partition coefficient (Wildman–Crippen LogP) is 2.72. The van der Waals surface area contributed by atoms with Crippen LogP contribution in [0.2, 0.25) is 0 Å². The van der Waals surface area contributed by atoms with Crippen molar-refractivity contribution in [1.82, 2.24) is 5.32 Å². The maximum atomic E-state index is 13.7. The van der Waals surface area contributed by atoms with Crippen LogP contribution < -0.4 is 15.4 Å². The molecule has 0 bridgehead atoms. The average molecular weight is 831 g/mol. The molecule has 322 valence electrons. The molecule has 1 unspecified atom stereocenters. The van der Waals surface area contributed by atoms with Crippen LogP contribution >= 0.6 is 0 Å². The Labute approximate surface area is 341 Å². The van der Waals surface area contributed by atoms with E-state index in [1.54, 1.807) is 7.11 Å². The van der Waals surface area contributed by atoms with Gasteiger partial charge in [-0.25, -0.2) is 4.79 Å². The lowest BCUT2D eigenvalue weighted by atomic mass is 9.98. The summed E-state index contributed by atoms with van der Waals surface area (Å²) in [6.07, 6.45) is -3.09. The summed E-state index contributed by atoms with van der Waals surface area (Å²) in [6.45, 7) is 4.31. The van der Waals surface area contributed by atoms with Gasteiger partial charge < -0.3 is 57.4 Å². The molecule has 0 aliphatic carbocycles. The number of amides is 2. The largest absolute Gasteiger partial charge is 0.463 e. The van der Waals surface area contributed by atoms with Crippen LogP contribution in [-0.4, -0.2) is 114 Å². The minimum absolute atomic E-state index is 0.0131. The summed E-state index contributed by atoms with van der Waals surface area (Å²) in [5.41, 5.74) is 2.81. The van der Waals surface area contributed by atoms with Crippen LogP contribution in [0.15, 0.2) is 30.3 Å². The molecule has 1 aliphatic rings. The van der Waals surface area contributed by atoms with Crippen molar-refractivity contribution in [3.8, 4) is 18.1 Å². The minimum Gasteiger partial charge on any atom is -0.463 e. The summed E-state index contributed by atoms with van der Waals surface area (Å²) in [5.74, 6) is -1.70. The van der Waals surface area contributed by atoms with Gasteiger partial charge in [0.2, 0.25) is 12.4 Å². The van der Waals surface area contributed by atoms with Crippen molar-refractivity contribution in [3.63, 3.8) is 0 Å². The monoisotopic (exact) mass is 830 g/mol. The molecular weight excluding hydrogens is 780 g/mol. The third-order valence-electron chi connectivity index (χ3n) is 8.07. The number of ether oxygens (including phenoxy) is 11. The van der Waals surface area contributed by atoms with Crippen LogP contribution in [0.25, 0.3) is 0 Å². The topological polar surface area (TPSA) is 228 Å². The number of rotatable bonds is 21. The summed E-state index contributed by atoms with van der Waals surface area (Å²) >= 11 is 0. The molecule has 0 aromatic heterocycles. The lowest BCUT2D eigenvalue weighted by Gasteiger charge is -2.44. The summed E-state index contributed by atoms with van der Waals surface area (Å²) in [4.78, 5) is 75.5. The average Bonchev–Trinajstić information content (AvgIpc) is 3.16. The van der Waals surface area contributed by atoms with Gasteiger partial charge in [0, 0.05) is 66.7 Å². The zero-order valence-electron chi connectivity index (χ0n) is 33.9. The van der Waals surface area contributed by atoms with Gasteiger partial charge in [0.1, 0.15) is 31.7 Å². The Bertz CT molecular complexity index is 1800. The smallest absolute Gasteiger partial charge is 0.411 e. The van der Waals surface area contributed by atoms with E-state index < -0.39 is 73.2 Å². The molecule has 2 amide bonds. The van der Waals surface area contributed by atoms with Gasteiger partial charge in [0.05, 0.1) is 37.7 Å². The Morgan fingerprint density at radius 1 is 0.729 bits per heavy atom. The summed E-state index contributed by atoms with van der Waals surface area (Å²) < 4.78 is 60.6. The van der Waals surface area contributed by atoms with Crippen LogP contribution in [0.3, 0.4) is 0 Å². The highest BCUT2D eigenvalue weighted by molar-refractivity contribution is 5.97. The predicted molar refractivity (Wildman–Crippen MR) is 203 cm³/mol. The molecule has 2 aromatic rings. The van der Waals surface area contributed by atoms with Crippen LogP contribution in [0, 0.1) is 12.3 Å². The number of benzene rings is 2. The molecule has 0 spiro atoms. The van der Waals surface area contributed by atoms with E-state index in [9.17, 15) is 28.8 Å². The highest BCUT2D eigenvalue weighted by Crippen LogP contribution is 2.33. The van der Waals surface area contributed by atoms with Crippen molar-refractivity contribution in [1.29, 1.82) is 0 Å². The van der Waals surface area contributed by atoms with Crippen molar-refractivity contribution in [2.45, 2.75) is 84.8 Å². The van der Waals surface area contributed by atoms with Gasteiger partial charge >= 0.3 is 30.0 Å². The number of methoxy groups -OCH3 is 3. The number of anilines is 1. The zero-order valence-corrected chi connectivity index (χ0v) is 33.9. The van der Waals surface area contributed by atoms with Gasteiger partial charge in [0.25, 0.3) is 5.91 Å². The van der Waals surface area contributed by atoms with E-state index in [1.807, 2.05) is 12.1 Å². The van der Waals surface area contributed by atoms with Crippen molar-refractivity contribution in [2.24, 2.45) is 0 Å². The minimum atomic E-state index is -1.65. The van der Waals surface area contributed by atoms with Crippen LogP contribution in [0.5, 0.6) is 5.75 Å². The molecule has 0 saturated carbocycles. The number of hydrogen-bond donors (Lipinski definition) is 2. The lowest BCUT2D eigenvalue weighted by Crippen LogP contribution is -2.63. The fourth-order valence-electron chi connectivity index (χ4n) is 5.89. The Morgan fingerprint density at radius 2 is 1.34 bits per heavy atom. The first kappa shape index (κ1) is 47.6.